The van der Waals surface area contributed by atoms with Crippen molar-refractivity contribution < 1.29 is 9.26 Å². The van der Waals surface area contributed by atoms with Crippen LogP contribution in [0.5, 0.6) is 0 Å². The van der Waals surface area contributed by atoms with Crippen LogP contribution in [0, 0.1) is 25.5 Å². The van der Waals surface area contributed by atoms with Gasteiger partial charge in [-0.25, -0.2) is 0 Å². The molecule has 4 rings (SSSR count). The molecule has 4 heterocycles. The van der Waals surface area contributed by atoms with Gasteiger partial charge < -0.3 is 9.26 Å². The predicted molar refractivity (Wildman–Crippen MR) is 98.4 cm³/mol. The minimum atomic E-state index is -0.0642. The minimum Gasteiger partial charge on any atom is -0.370 e. The van der Waals surface area contributed by atoms with Crippen LogP contribution in [0.1, 0.15) is 47.5 Å². The van der Waals surface area contributed by atoms with E-state index in [0.717, 1.165) is 48.0 Å². The first-order valence-electron chi connectivity index (χ1n) is 8.50. The number of rotatable bonds is 4. The van der Waals surface area contributed by atoms with Crippen molar-refractivity contribution in [2.24, 2.45) is 5.10 Å². The fourth-order valence-electron chi connectivity index (χ4n) is 3.25. The Bertz CT molecular complexity index is 1020. The molecule has 0 unspecified atom stereocenters. The number of aryl methyl sites for hydroxylation is 2. The van der Waals surface area contributed by atoms with Gasteiger partial charge in [-0.2, -0.15) is 14.9 Å². The lowest BCUT2D eigenvalue weighted by molar-refractivity contribution is 0.102. The molecule has 0 aromatic carbocycles. The molecule has 0 saturated carbocycles. The van der Waals surface area contributed by atoms with E-state index in [1.54, 1.807) is 10.9 Å². The van der Waals surface area contributed by atoms with E-state index >= 15 is 0 Å². The van der Waals surface area contributed by atoms with Crippen LogP contribution in [0.15, 0.2) is 21.8 Å². The highest BCUT2D eigenvalue weighted by Crippen LogP contribution is 2.27. The van der Waals surface area contributed by atoms with Crippen LogP contribution >= 0.6 is 12.2 Å². The third kappa shape index (κ3) is 2.93. The summed E-state index contributed by atoms with van der Waals surface area (Å²) in [6.45, 7) is 6.66. The molecule has 0 aliphatic carbocycles. The molecule has 1 atom stereocenters. The van der Waals surface area contributed by atoms with Crippen LogP contribution in [0.2, 0.25) is 0 Å². The van der Waals surface area contributed by atoms with Gasteiger partial charge in [-0.3, -0.25) is 9.67 Å². The summed E-state index contributed by atoms with van der Waals surface area (Å²) in [5, 5.41) is 15.7. The zero-order valence-corrected chi connectivity index (χ0v) is 15.7. The number of nitrogens with zero attached hydrogens (tertiary/aromatic N) is 5. The number of aromatic amines is 1. The fraction of sp³-hybridized carbons (Fsp3) is 0.412. The van der Waals surface area contributed by atoms with Crippen molar-refractivity contribution in [1.29, 1.82) is 0 Å². The Morgan fingerprint density at radius 1 is 1.35 bits per heavy atom. The van der Waals surface area contributed by atoms with Gasteiger partial charge >= 0.3 is 0 Å². The summed E-state index contributed by atoms with van der Waals surface area (Å²) in [4.78, 5) is 0. The number of ether oxygens (including phenoxy) is 1. The molecular weight excluding hydrogens is 352 g/mol. The quantitative estimate of drug-likeness (QED) is 0.560. The Kier molecular flexibility index (Phi) is 4.33. The van der Waals surface area contributed by atoms with Crippen LogP contribution in [-0.4, -0.2) is 37.4 Å². The van der Waals surface area contributed by atoms with Crippen molar-refractivity contribution in [3.8, 4) is 5.82 Å². The maximum Gasteiger partial charge on any atom is 0.216 e. The fourth-order valence-corrected chi connectivity index (χ4v) is 3.44. The lowest BCUT2D eigenvalue weighted by atomic mass is 10.2. The highest BCUT2D eigenvalue weighted by atomic mass is 32.1. The zero-order chi connectivity index (χ0) is 18.3. The van der Waals surface area contributed by atoms with Crippen molar-refractivity contribution in [1.82, 2.24) is 24.6 Å². The minimum absolute atomic E-state index is 0.0642. The highest BCUT2D eigenvalue weighted by Gasteiger charge is 2.23. The molecule has 26 heavy (non-hydrogen) atoms. The molecule has 1 aliphatic heterocycles. The van der Waals surface area contributed by atoms with Crippen LogP contribution in [-0.2, 0) is 4.74 Å². The molecule has 0 radical (unpaired) electrons. The lowest BCUT2D eigenvalue weighted by Crippen LogP contribution is -2.05. The SMILES string of the molecule is Cc1cc(-n2c(C)cc(/C=N\n3c([C@@H]4CCCO4)n[nH]c3=S)c2C)no1. The smallest absolute Gasteiger partial charge is 0.216 e. The Labute approximate surface area is 155 Å². The van der Waals surface area contributed by atoms with Crippen LogP contribution in [0.4, 0.5) is 0 Å². The number of hydrogen-bond acceptors (Lipinski definition) is 6. The summed E-state index contributed by atoms with van der Waals surface area (Å²) in [6, 6.07) is 3.96. The van der Waals surface area contributed by atoms with Crippen molar-refractivity contribution in [2.45, 2.75) is 39.7 Å². The second kappa shape index (κ2) is 6.65. The molecular formula is C17H20N6O2S. The number of nitrogens with one attached hydrogen (secondary N) is 1. The van der Waals surface area contributed by atoms with Gasteiger partial charge in [-0.15, -0.1) is 0 Å². The maximum atomic E-state index is 5.71. The summed E-state index contributed by atoms with van der Waals surface area (Å²) in [6.07, 6.45) is 3.67. The largest absolute Gasteiger partial charge is 0.370 e. The Balaban J connectivity index is 1.68. The third-order valence-electron chi connectivity index (χ3n) is 4.52. The van der Waals surface area contributed by atoms with Crippen LogP contribution < -0.4 is 0 Å². The van der Waals surface area contributed by atoms with E-state index in [0.29, 0.717) is 10.6 Å². The van der Waals surface area contributed by atoms with Gasteiger partial charge in [0.2, 0.25) is 4.77 Å². The number of hydrogen-bond donors (Lipinski definition) is 1. The Morgan fingerprint density at radius 2 is 2.19 bits per heavy atom. The van der Waals surface area contributed by atoms with Crippen molar-refractivity contribution in [3.63, 3.8) is 0 Å². The normalized spacial score (nSPS) is 17.6. The maximum absolute atomic E-state index is 5.71. The molecule has 8 nitrogen and oxygen atoms in total. The lowest BCUT2D eigenvalue weighted by Gasteiger charge is -2.07. The summed E-state index contributed by atoms with van der Waals surface area (Å²) >= 11 is 5.31. The molecule has 0 bridgehead atoms. The average Bonchev–Trinajstić information content (AvgIpc) is 3.36. The summed E-state index contributed by atoms with van der Waals surface area (Å²) < 4.78 is 15.0. The Hall–Kier alpha value is -2.52. The summed E-state index contributed by atoms with van der Waals surface area (Å²) in [7, 11) is 0. The molecule has 1 saturated heterocycles. The third-order valence-corrected chi connectivity index (χ3v) is 4.78. The van der Waals surface area contributed by atoms with Gasteiger partial charge in [0.25, 0.3) is 0 Å². The van der Waals surface area contributed by atoms with Crippen molar-refractivity contribution in [2.75, 3.05) is 6.61 Å². The van der Waals surface area contributed by atoms with E-state index in [1.807, 2.05) is 31.4 Å². The number of aromatic nitrogens is 5. The van der Waals surface area contributed by atoms with Gasteiger partial charge in [0.1, 0.15) is 11.9 Å². The van der Waals surface area contributed by atoms with E-state index in [-0.39, 0.29) is 6.10 Å². The van der Waals surface area contributed by atoms with E-state index in [4.69, 9.17) is 21.5 Å². The van der Waals surface area contributed by atoms with E-state index in [9.17, 15) is 0 Å². The van der Waals surface area contributed by atoms with Gasteiger partial charge in [-0.1, -0.05) is 5.16 Å². The molecule has 3 aromatic rings. The van der Waals surface area contributed by atoms with Crippen LogP contribution in [0.3, 0.4) is 0 Å². The molecule has 1 aliphatic rings. The predicted octanol–water partition coefficient (Wildman–Crippen LogP) is 3.38. The molecule has 9 heteroatoms. The topological polar surface area (TPSA) is 86.2 Å². The van der Waals surface area contributed by atoms with E-state index in [1.165, 1.54) is 0 Å². The molecule has 0 amide bonds. The second-order valence-electron chi connectivity index (χ2n) is 6.40. The highest BCUT2D eigenvalue weighted by molar-refractivity contribution is 7.71. The average molecular weight is 372 g/mol. The van der Waals surface area contributed by atoms with E-state index in [2.05, 4.69) is 26.5 Å². The molecule has 136 valence electrons. The van der Waals surface area contributed by atoms with Gasteiger partial charge in [0, 0.05) is 29.6 Å². The first kappa shape index (κ1) is 16.9. The van der Waals surface area contributed by atoms with Crippen molar-refractivity contribution in [3.05, 3.63) is 45.4 Å². The van der Waals surface area contributed by atoms with Gasteiger partial charge in [0.05, 0.1) is 6.21 Å². The summed E-state index contributed by atoms with van der Waals surface area (Å²) in [5.74, 6) is 2.25. The first-order valence-corrected chi connectivity index (χ1v) is 8.91. The van der Waals surface area contributed by atoms with Gasteiger partial charge in [0.15, 0.2) is 11.6 Å². The zero-order valence-electron chi connectivity index (χ0n) is 14.9. The monoisotopic (exact) mass is 372 g/mol. The molecule has 0 spiro atoms. The molecule has 1 N–H and O–H groups in total. The second-order valence-corrected chi connectivity index (χ2v) is 6.79. The molecule has 1 fully saturated rings. The van der Waals surface area contributed by atoms with Gasteiger partial charge in [-0.05, 0) is 51.9 Å². The van der Waals surface area contributed by atoms with Crippen molar-refractivity contribution >= 4 is 18.4 Å². The van der Waals surface area contributed by atoms with Crippen LogP contribution in [0.25, 0.3) is 5.82 Å². The van der Waals surface area contributed by atoms with E-state index < -0.39 is 0 Å². The summed E-state index contributed by atoms with van der Waals surface area (Å²) in [5.41, 5.74) is 3.05. The first-order chi connectivity index (χ1) is 12.5. The molecule has 3 aromatic heterocycles. The number of H-pyrrole nitrogens is 1. The Morgan fingerprint density at radius 3 is 2.88 bits per heavy atom. The standard InChI is InChI=1S/C17H20N6O2S/c1-10-7-13(12(3)22(10)15-8-11(2)25-21-15)9-18-23-16(19-20-17(23)26)14-5-4-6-24-14/h7-9,14H,4-6H2,1-3H3,(H,20,26)/b18-9-/t14-/m0/s1.